The van der Waals surface area contributed by atoms with Gasteiger partial charge in [-0.2, -0.15) is 4.68 Å². The number of benzene rings is 1. The van der Waals surface area contributed by atoms with E-state index < -0.39 is 6.10 Å². The van der Waals surface area contributed by atoms with E-state index in [0.29, 0.717) is 23.5 Å². The molecular formula is C25H29N7O4. The molecule has 2 aliphatic rings. The van der Waals surface area contributed by atoms with Crippen molar-refractivity contribution in [2.24, 2.45) is 0 Å². The number of ether oxygens (including phenoxy) is 1. The lowest BCUT2D eigenvalue weighted by molar-refractivity contribution is 0.0534. The molecule has 3 aromatic rings. The minimum absolute atomic E-state index is 0.220. The zero-order valence-electron chi connectivity index (χ0n) is 20.6. The molecule has 5 rings (SSSR count). The van der Waals surface area contributed by atoms with E-state index in [2.05, 4.69) is 30.7 Å². The second-order valence-corrected chi connectivity index (χ2v) is 9.82. The number of hydrogen-bond acceptors (Lipinski definition) is 9. The summed E-state index contributed by atoms with van der Waals surface area (Å²) in [5, 5.41) is 25.2. The molecule has 0 radical (unpaired) electrons. The largest absolute Gasteiger partial charge is 0.457 e. The van der Waals surface area contributed by atoms with E-state index in [1.807, 2.05) is 26.8 Å². The molecule has 0 bridgehead atoms. The van der Waals surface area contributed by atoms with Gasteiger partial charge < -0.3 is 20.1 Å². The summed E-state index contributed by atoms with van der Waals surface area (Å²) in [5.74, 6) is -0.525. The van der Waals surface area contributed by atoms with Gasteiger partial charge in [0.25, 0.3) is 5.91 Å². The van der Waals surface area contributed by atoms with Crippen molar-refractivity contribution in [3.8, 4) is 5.69 Å². The fraction of sp³-hybridized carbons (Fsp3) is 0.440. The predicted octanol–water partition coefficient (Wildman–Crippen LogP) is 1.66. The molecule has 1 saturated heterocycles. The van der Waals surface area contributed by atoms with E-state index in [-0.39, 0.29) is 24.0 Å². The number of fused-ring (bicyclic) bond motifs is 1. The quantitative estimate of drug-likeness (QED) is 0.494. The Balaban J connectivity index is 1.18. The second-order valence-electron chi connectivity index (χ2n) is 9.82. The molecule has 4 heterocycles. The van der Waals surface area contributed by atoms with Gasteiger partial charge >= 0.3 is 5.97 Å². The highest BCUT2D eigenvalue weighted by atomic mass is 16.5. The molecule has 1 fully saturated rings. The lowest BCUT2D eigenvalue weighted by Crippen LogP contribution is -2.54. The Hall–Kier alpha value is -3.70. The van der Waals surface area contributed by atoms with Gasteiger partial charge in [0.2, 0.25) is 0 Å². The number of β-amino-alcohol motifs (C(OH)–C–C–N with tert-alkyl or cyclic N) is 1. The molecule has 11 nitrogen and oxygen atoms in total. The van der Waals surface area contributed by atoms with Crippen LogP contribution in [0, 0.1) is 13.8 Å². The Morgan fingerprint density at radius 1 is 1.28 bits per heavy atom. The fourth-order valence-electron chi connectivity index (χ4n) is 4.95. The van der Waals surface area contributed by atoms with Crippen LogP contribution in [0.25, 0.3) is 5.69 Å². The van der Waals surface area contributed by atoms with Gasteiger partial charge in [-0.25, -0.2) is 9.78 Å². The summed E-state index contributed by atoms with van der Waals surface area (Å²) in [6, 6.07) is 5.29. The van der Waals surface area contributed by atoms with Gasteiger partial charge in [0.15, 0.2) is 0 Å². The molecule has 1 aromatic carbocycles. The van der Waals surface area contributed by atoms with Crippen LogP contribution in [0.4, 0.5) is 0 Å². The van der Waals surface area contributed by atoms with Crippen molar-refractivity contribution in [1.29, 1.82) is 0 Å². The number of esters is 1. The van der Waals surface area contributed by atoms with Crippen molar-refractivity contribution in [1.82, 2.24) is 35.4 Å². The van der Waals surface area contributed by atoms with E-state index in [1.54, 1.807) is 18.3 Å². The third-order valence-corrected chi connectivity index (χ3v) is 7.28. The van der Waals surface area contributed by atoms with Crippen LogP contribution < -0.4 is 5.32 Å². The molecule has 0 spiro atoms. The fourth-order valence-corrected chi connectivity index (χ4v) is 4.95. The average molecular weight is 492 g/mol. The SMILES string of the molecule is Cc1cc(C(=O)NC2(C)CCN(CC(O)c3ccc4c(c3C)COC4=O)CC2)ncc1-n1cnnn1. The summed E-state index contributed by atoms with van der Waals surface area (Å²) < 4.78 is 6.63. The first-order valence-corrected chi connectivity index (χ1v) is 12.0. The first-order valence-electron chi connectivity index (χ1n) is 12.0. The van der Waals surface area contributed by atoms with Gasteiger partial charge in [0.05, 0.1) is 23.6 Å². The van der Waals surface area contributed by atoms with Crippen molar-refractivity contribution in [3.63, 3.8) is 0 Å². The number of aryl methyl sites for hydroxylation is 1. The maximum atomic E-state index is 13.0. The van der Waals surface area contributed by atoms with Gasteiger partial charge in [-0.15, -0.1) is 5.10 Å². The molecule has 1 unspecified atom stereocenters. The highest BCUT2D eigenvalue weighted by molar-refractivity contribution is 5.94. The topological polar surface area (TPSA) is 135 Å². The lowest BCUT2D eigenvalue weighted by atomic mass is 9.88. The number of cyclic esters (lactones) is 1. The lowest BCUT2D eigenvalue weighted by Gasteiger charge is -2.40. The van der Waals surface area contributed by atoms with Crippen LogP contribution in [-0.2, 0) is 11.3 Å². The number of piperidine rings is 1. The molecule has 0 saturated carbocycles. The molecule has 1 amide bonds. The number of pyridine rings is 1. The third kappa shape index (κ3) is 4.59. The highest BCUT2D eigenvalue weighted by Crippen LogP contribution is 2.30. The molecule has 0 aliphatic carbocycles. The number of aliphatic hydroxyl groups is 1. The zero-order chi connectivity index (χ0) is 25.4. The van der Waals surface area contributed by atoms with Crippen molar-refractivity contribution in [3.05, 3.63) is 64.2 Å². The zero-order valence-corrected chi connectivity index (χ0v) is 20.6. The number of rotatable bonds is 6. The minimum Gasteiger partial charge on any atom is -0.457 e. The van der Waals surface area contributed by atoms with Crippen molar-refractivity contribution < 1.29 is 19.4 Å². The summed E-state index contributed by atoms with van der Waals surface area (Å²) in [6.45, 7) is 8.08. The van der Waals surface area contributed by atoms with Gasteiger partial charge in [-0.1, -0.05) is 6.07 Å². The van der Waals surface area contributed by atoms with Crippen LogP contribution in [0.3, 0.4) is 0 Å². The summed E-state index contributed by atoms with van der Waals surface area (Å²) >= 11 is 0. The number of amides is 1. The average Bonchev–Trinajstić information content (AvgIpc) is 3.51. The number of nitrogens with zero attached hydrogens (tertiary/aromatic N) is 6. The Morgan fingerprint density at radius 2 is 2.06 bits per heavy atom. The Morgan fingerprint density at radius 3 is 2.75 bits per heavy atom. The number of tetrazole rings is 1. The molecule has 1 atom stereocenters. The molecule has 36 heavy (non-hydrogen) atoms. The van der Waals surface area contributed by atoms with Crippen LogP contribution in [0.2, 0.25) is 0 Å². The smallest absolute Gasteiger partial charge is 0.338 e. The van der Waals surface area contributed by atoms with Crippen LogP contribution in [0.15, 0.2) is 30.7 Å². The van der Waals surface area contributed by atoms with Gasteiger partial charge in [0, 0.05) is 30.7 Å². The number of carbonyl (C=O) groups is 2. The van der Waals surface area contributed by atoms with Crippen LogP contribution in [-0.4, -0.2) is 72.2 Å². The normalized spacial score (nSPS) is 17.9. The first-order chi connectivity index (χ1) is 17.2. The van der Waals surface area contributed by atoms with E-state index in [4.69, 9.17) is 4.74 Å². The number of nitrogens with one attached hydrogen (secondary N) is 1. The Labute approximate surface area is 208 Å². The molecule has 188 valence electrons. The predicted molar refractivity (Wildman–Crippen MR) is 128 cm³/mol. The molecule has 2 aromatic heterocycles. The van der Waals surface area contributed by atoms with Crippen molar-refractivity contribution in [2.75, 3.05) is 19.6 Å². The Bertz CT molecular complexity index is 1300. The summed E-state index contributed by atoms with van der Waals surface area (Å²) in [5.41, 5.74) is 4.71. The number of likely N-dealkylation sites (tertiary alicyclic amines) is 1. The van der Waals surface area contributed by atoms with E-state index >= 15 is 0 Å². The number of carbonyl (C=O) groups excluding carboxylic acids is 2. The molecular weight excluding hydrogens is 462 g/mol. The van der Waals surface area contributed by atoms with Gasteiger partial charge in [0.1, 0.15) is 18.6 Å². The second kappa shape index (κ2) is 9.40. The molecule has 2 aliphatic heterocycles. The number of aromatic nitrogens is 5. The summed E-state index contributed by atoms with van der Waals surface area (Å²) in [4.78, 5) is 31.3. The molecule has 2 N–H and O–H groups in total. The van der Waals surface area contributed by atoms with E-state index in [9.17, 15) is 14.7 Å². The maximum absolute atomic E-state index is 13.0. The van der Waals surface area contributed by atoms with E-state index in [1.165, 1.54) is 11.0 Å². The third-order valence-electron chi connectivity index (χ3n) is 7.28. The maximum Gasteiger partial charge on any atom is 0.338 e. The number of aliphatic hydroxyl groups excluding tert-OH is 1. The first kappa shape index (κ1) is 24.0. The van der Waals surface area contributed by atoms with Crippen LogP contribution >= 0.6 is 0 Å². The monoisotopic (exact) mass is 491 g/mol. The summed E-state index contributed by atoms with van der Waals surface area (Å²) in [6.07, 6.45) is 3.90. The van der Waals surface area contributed by atoms with Crippen molar-refractivity contribution in [2.45, 2.75) is 51.9 Å². The number of hydrogen-bond donors (Lipinski definition) is 2. The van der Waals surface area contributed by atoms with Gasteiger partial charge in [-0.3, -0.25) is 4.79 Å². The van der Waals surface area contributed by atoms with Crippen molar-refractivity contribution >= 4 is 11.9 Å². The highest BCUT2D eigenvalue weighted by Gasteiger charge is 2.33. The van der Waals surface area contributed by atoms with Gasteiger partial charge in [-0.05, 0) is 72.9 Å². The van der Waals surface area contributed by atoms with E-state index in [0.717, 1.165) is 48.2 Å². The summed E-state index contributed by atoms with van der Waals surface area (Å²) in [7, 11) is 0. The van der Waals surface area contributed by atoms with Crippen LogP contribution in [0.1, 0.15) is 69.0 Å². The standard InChI is InChI=1S/C25H29N7O4/c1-15-10-20(26-11-21(15)32-14-27-29-30-32)23(34)28-25(3)6-8-31(9-7-25)12-22(33)17-4-5-18-19(16(17)2)13-36-24(18)35/h4-5,10-11,14,22,33H,6-9,12-13H2,1-3H3,(H,28,34). The minimum atomic E-state index is -0.671. The molecule has 11 heteroatoms. The Kier molecular flexibility index (Phi) is 6.27. The van der Waals surface area contributed by atoms with Crippen LogP contribution in [0.5, 0.6) is 0 Å².